The zero-order chi connectivity index (χ0) is 16.8. The van der Waals surface area contributed by atoms with Gasteiger partial charge in [-0.25, -0.2) is 4.39 Å². The second-order valence-corrected chi connectivity index (χ2v) is 7.02. The van der Waals surface area contributed by atoms with Crippen molar-refractivity contribution < 1.29 is 9.18 Å². The van der Waals surface area contributed by atoms with E-state index in [9.17, 15) is 9.18 Å². The predicted molar refractivity (Wildman–Crippen MR) is 95.3 cm³/mol. The van der Waals surface area contributed by atoms with Crippen molar-refractivity contribution in [2.24, 2.45) is 0 Å². The lowest BCUT2D eigenvalue weighted by Gasteiger charge is -2.17. The molecule has 0 heterocycles. The first-order valence-corrected chi connectivity index (χ1v) is 8.81. The molecule has 0 fully saturated rings. The van der Waals surface area contributed by atoms with E-state index in [1.54, 1.807) is 24.3 Å². The molecule has 0 saturated carbocycles. The molecule has 2 rings (SSSR count). The first kappa shape index (κ1) is 17.8. The van der Waals surface area contributed by atoms with Gasteiger partial charge in [0.05, 0.1) is 11.8 Å². The van der Waals surface area contributed by atoms with Crippen LogP contribution in [0.5, 0.6) is 0 Å². The molecule has 0 saturated heterocycles. The van der Waals surface area contributed by atoms with Gasteiger partial charge >= 0.3 is 0 Å². The van der Waals surface area contributed by atoms with E-state index in [0.29, 0.717) is 10.6 Å². The van der Waals surface area contributed by atoms with E-state index in [4.69, 9.17) is 11.6 Å². The Kier molecular flexibility index (Phi) is 6.48. The summed E-state index contributed by atoms with van der Waals surface area (Å²) < 4.78 is 13.7. The molecule has 2 atom stereocenters. The number of halogens is 2. The average molecular weight is 352 g/mol. The van der Waals surface area contributed by atoms with Gasteiger partial charge in [0.15, 0.2) is 0 Å². The average Bonchev–Trinajstić information content (AvgIpc) is 2.53. The Bertz CT molecular complexity index is 680. The summed E-state index contributed by atoms with van der Waals surface area (Å²) in [6.07, 6.45) is 0. The minimum absolute atomic E-state index is 0.0856. The summed E-state index contributed by atoms with van der Waals surface area (Å²) in [6, 6.07) is 13.9. The van der Waals surface area contributed by atoms with Crippen molar-refractivity contribution in [3.63, 3.8) is 0 Å². The fraction of sp³-hybridized carbons (Fsp3) is 0.278. The largest absolute Gasteiger partial charge is 0.349 e. The van der Waals surface area contributed by atoms with Crippen LogP contribution in [0.1, 0.15) is 36.3 Å². The quantitative estimate of drug-likeness (QED) is 0.779. The van der Waals surface area contributed by atoms with Gasteiger partial charge in [-0.2, -0.15) is 0 Å². The van der Waals surface area contributed by atoms with Gasteiger partial charge in [0.1, 0.15) is 5.82 Å². The van der Waals surface area contributed by atoms with E-state index in [1.807, 2.05) is 32.0 Å². The second-order valence-electron chi connectivity index (χ2n) is 5.29. The molecule has 0 aliphatic heterocycles. The number of hydrogen-bond acceptors (Lipinski definition) is 2. The second kappa shape index (κ2) is 8.37. The van der Waals surface area contributed by atoms with Gasteiger partial charge in [-0.1, -0.05) is 48.0 Å². The highest BCUT2D eigenvalue weighted by molar-refractivity contribution is 8.00. The molecule has 2 aromatic rings. The molecule has 5 heteroatoms. The van der Waals surface area contributed by atoms with Crippen LogP contribution >= 0.6 is 23.4 Å². The predicted octanol–water partition coefficient (Wildman–Crippen LogP) is 5.15. The third-order valence-corrected chi connectivity index (χ3v) is 5.08. The van der Waals surface area contributed by atoms with Crippen LogP contribution in [-0.2, 0) is 4.79 Å². The Morgan fingerprint density at radius 2 is 1.74 bits per heavy atom. The first-order chi connectivity index (χ1) is 11.0. The highest BCUT2D eigenvalue weighted by atomic mass is 35.5. The molecule has 0 radical (unpaired) electrons. The highest BCUT2D eigenvalue weighted by Gasteiger charge is 2.15. The van der Waals surface area contributed by atoms with Crippen LogP contribution in [0.2, 0.25) is 5.02 Å². The minimum atomic E-state index is -0.239. The van der Waals surface area contributed by atoms with Gasteiger partial charge in [0, 0.05) is 15.8 Å². The summed E-state index contributed by atoms with van der Waals surface area (Å²) in [5.74, 6) is -0.0625. The summed E-state index contributed by atoms with van der Waals surface area (Å²) in [5, 5.41) is 3.47. The monoisotopic (exact) mass is 351 g/mol. The van der Waals surface area contributed by atoms with Crippen molar-refractivity contribution in [1.29, 1.82) is 0 Å². The fourth-order valence-corrected chi connectivity index (χ4v) is 3.44. The number of amides is 1. The van der Waals surface area contributed by atoms with E-state index < -0.39 is 0 Å². The van der Waals surface area contributed by atoms with Gasteiger partial charge in [-0.05, 0) is 31.5 Å². The molecular formula is C18H19ClFNOS. The Labute approximate surface area is 145 Å². The maximum atomic E-state index is 13.7. The summed E-state index contributed by atoms with van der Waals surface area (Å²) in [7, 11) is 0. The van der Waals surface area contributed by atoms with Gasteiger partial charge in [0.25, 0.3) is 0 Å². The van der Waals surface area contributed by atoms with Gasteiger partial charge < -0.3 is 5.32 Å². The van der Waals surface area contributed by atoms with Crippen molar-refractivity contribution in [3.8, 4) is 0 Å². The number of hydrogen-bond donors (Lipinski definition) is 1. The molecule has 0 aromatic heterocycles. The summed E-state index contributed by atoms with van der Waals surface area (Å²) in [5.41, 5.74) is 1.50. The third-order valence-electron chi connectivity index (χ3n) is 3.56. The zero-order valence-electron chi connectivity index (χ0n) is 13.1. The van der Waals surface area contributed by atoms with Crippen molar-refractivity contribution in [3.05, 3.63) is 70.5 Å². The standard InChI is InChI=1S/C18H19ClFNOS/c1-12(14-7-3-5-9-16(14)19)21-18(22)11-23-13(2)15-8-4-6-10-17(15)20/h3-10,12-13H,11H2,1-2H3,(H,21,22). The van der Waals surface area contributed by atoms with Crippen LogP contribution in [0.25, 0.3) is 0 Å². The van der Waals surface area contributed by atoms with Crippen molar-refractivity contribution >= 4 is 29.3 Å². The van der Waals surface area contributed by atoms with Gasteiger partial charge in [0.2, 0.25) is 5.91 Å². The van der Waals surface area contributed by atoms with Crippen molar-refractivity contribution in [2.75, 3.05) is 5.75 Å². The van der Waals surface area contributed by atoms with Crippen LogP contribution in [0.15, 0.2) is 48.5 Å². The van der Waals surface area contributed by atoms with Crippen LogP contribution < -0.4 is 5.32 Å². The smallest absolute Gasteiger partial charge is 0.230 e. The molecule has 23 heavy (non-hydrogen) atoms. The first-order valence-electron chi connectivity index (χ1n) is 7.39. The SMILES string of the molecule is CC(NC(=O)CSC(C)c1ccccc1F)c1ccccc1Cl. The molecular weight excluding hydrogens is 333 g/mol. The number of rotatable bonds is 6. The fourth-order valence-electron chi connectivity index (χ4n) is 2.28. The molecule has 0 aliphatic carbocycles. The Hall–Kier alpha value is -1.52. The number of benzene rings is 2. The van der Waals surface area contributed by atoms with Crippen LogP contribution in [0.3, 0.4) is 0 Å². The maximum absolute atomic E-state index is 13.7. The van der Waals surface area contributed by atoms with E-state index >= 15 is 0 Å². The zero-order valence-corrected chi connectivity index (χ0v) is 14.6. The lowest BCUT2D eigenvalue weighted by atomic mass is 10.1. The van der Waals surface area contributed by atoms with E-state index in [2.05, 4.69) is 5.32 Å². The molecule has 2 unspecified atom stereocenters. The minimum Gasteiger partial charge on any atom is -0.349 e. The lowest BCUT2D eigenvalue weighted by Crippen LogP contribution is -2.28. The Morgan fingerprint density at radius 3 is 2.39 bits per heavy atom. The van der Waals surface area contributed by atoms with Crippen molar-refractivity contribution in [2.45, 2.75) is 25.1 Å². The summed E-state index contributed by atoms with van der Waals surface area (Å²) in [4.78, 5) is 12.1. The summed E-state index contributed by atoms with van der Waals surface area (Å²) in [6.45, 7) is 3.79. The third kappa shape index (κ3) is 4.98. The van der Waals surface area contributed by atoms with E-state index in [-0.39, 0.29) is 28.8 Å². The van der Waals surface area contributed by atoms with Crippen LogP contribution in [0.4, 0.5) is 4.39 Å². The topological polar surface area (TPSA) is 29.1 Å². The van der Waals surface area contributed by atoms with E-state index in [1.165, 1.54) is 17.8 Å². The molecule has 0 spiro atoms. The molecule has 1 N–H and O–H groups in total. The van der Waals surface area contributed by atoms with Crippen molar-refractivity contribution in [1.82, 2.24) is 5.32 Å². The highest BCUT2D eigenvalue weighted by Crippen LogP contribution is 2.30. The maximum Gasteiger partial charge on any atom is 0.230 e. The van der Waals surface area contributed by atoms with Crippen LogP contribution in [-0.4, -0.2) is 11.7 Å². The van der Waals surface area contributed by atoms with Crippen LogP contribution in [0, 0.1) is 5.82 Å². The molecule has 122 valence electrons. The number of carbonyl (C=O) groups excluding carboxylic acids is 1. The summed E-state index contributed by atoms with van der Waals surface area (Å²) >= 11 is 7.54. The molecule has 2 nitrogen and oxygen atoms in total. The molecule has 0 aliphatic rings. The Morgan fingerprint density at radius 1 is 1.13 bits per heavy atom. The van der Waals surface area contributed by atoms with Gasteiger partial charge in [-0.3, -0.25) is 4.79 Å². The molecule has 1 amide bonds. The lowest BCUT2D eigenvalue weighted by molar-refractivity contribution is -0.119. The van der Waals surface area contributed by atoms with Gasteiger partial charge in [-0.15, -0.1) is 11.8 Å². The number of nitrogens with one attached hydrogen (secondary N) is 1. The number of carbonyl (C=O) groups is 1. The van der Waals surface area contributed by atoms with E-state index in [0.717, 1.165) is 5.56 Å². The Balaban J connectivity index is 1.88. The normalized spacial score (nSPS) is 13.4. The molecule has 0 bridgehead atoms. The number of thioether (sulfide) groups is 1. The molecule has 2 aromatic carbocycles.